The molecule has 0 radical (unpaired) electrons. The third-order valence-electron chi connectivity index (χ3n) is 3.70. The summed E-state index contributed by atoms with van der Waals surface area (Å²) >= 11 is 0. The van der Waals surface area contributed by atoms with Crippen LogP contribution in [0.25, 0.3) is 22.4 Å². The van der Waals surface area contributed by atoms with Crippen molar-refractivity contribution in [1.29, 1.82) is 0 Å². The molecular formula is C17H22ClN7. The Morgan fingerprint density at radius 2 is 1.72 bits per heavy atom. The Hall–Kier alpha value is -2.67. The Kier molecular flexibility index (Phi) is 6.30. The maximum absolute atomic E-state index is 5.94. The summed E-state index contributed by atoms with van der Waals surface area (Å²) in [5.74, 6) is 1.01. The zero-order valence-electron chi connectivity index (χ0n) is 14.1. The van der Waals surface area contributed by atoms with Crippen LogP contribution in [0.4, 0.5) is 17.6 Å². The normalized spacial score (nSPS) is 10.4. The highest BCUT2D eigenvalue weighted by molar-refractivity contribution is 5.87. The summed E-state index contributed by atoms with van der Waals surface area (Å²) in [5, 5.41) is 3.36. The molecular weight excluding hydrogens is 338 g/mol. The van der Waals surface area contributed by atoms with Crippen molar-refractivity contribution in [2.45, 2.75) is 26.2 Å². The molecule has 7 nitrogen and oxygen atoms in total. The molecule has 0 unspecified atom stereocenters. The van der Waals surface area contributed by atoms with E-state index in [0.717, 1.165) is 37.1 Å². The van der Waals surface area contributed by atoms with Gasteiger partial charge < -0.3 is 16.8 Å². The van der Waals surface area contributed by atoms with E-state index in [1.807, 2.05) is 30.3 Å². The molecule has 0 bridgehead atoms. The quantitative estimate of drug-likeness (QED) is 0.578. The molecule has 3 rings (SSSR count). The molecule has 0 spiro atoms. The standard InChI is InChI=1S/C17H21N7.ClH/c1-2-3-7-10-20-15-12(11-8-5-4-6-9-11)21-13-14(18)22-17(19)24-16(13)23-15;/h4-6,8-9H,2-3,7,10H2,1H3,(H5,18,19,20,22,23,24);1H. The highest BCUT2D eigenvalue weighted by Crippen LogP contribution is 2.28. The fraction of sp³-hybridized carbons (Fsp3) is 0.294. The average molecular weight is 360 g/mol. The van der Waals surface area contributed by atoms with Gasteiger partial charge in [-0.3, -0.25) is 0 Å². The summed E-state index contributed by atoms with van der Waals surface area (Å²) in [7, 11) is 0. The summed E-state index contributed by atoms with van der Waals surface area (Å²) < 4.78 is 0. The summed E-state index contributed by atoms with van der Waals surface area (Å²) in [6, 6.07) is 9.86. The fourth-order valence-electron chi connectivity index (χ4n) is 2.49. The first kappa shape index (κ1) is 18.7. The molecule has 2 heterocycles. The lowest BCUT2D eigenvalue weighted by atomic mass is 10.1. The van der Waals surface area contributed by atoms with E-state index >= 15 is 0 Å². The van der Waals surface area contributed by atoms with Crippen LogP contribution in [-0.2, 0) is 0 Å². The monoisotopic (exact) mass is 359 g/mol. The highest BCUT2D eigenvalue weighted by atomic mass is 35.5. The van der Waals surface area contributed by atoms with E-state index in [9.17, 15) is 0 Å². The summed E-state index contributed by atoms with van der Waals surface area (Å²) in [6.07, 6.45) is 3.39. The number of nitrogens with two attached hydrogens (primary N) is 2. The van der Waals surface area contributed by atoms with Crippen molar-refractivity contribution in [3.8, 4) is 11.3 Å². The molecule has 0 aliphatic heterocycles. The molecule has 3 aromatic rings. The van der Waals surface area contributed by atoms with Gasteiger partial charge in [-0.05, 0) is 6.42 Å². The molecule has 0 fully saturated rings. The van der Waals surface area contributed by atoms with Crippen LogP contribution in [0.15, 0.2) is 30.3 Å². The fourth-order valence-corrected chi connectivity index (χ4v) is 2.49. The van der Waals surface area contributed by atoms with Crippen LogP contribution >= 0.6 is 12.4 Å². The van der Waals surface area contributed by atoms with E-state index in [4.69, 9.17) is 11.5 Å². The van der Waals surface area contributed by atoms with Gasteiger partial charge in [-0.15, -0.1) is 12.4 Å². The van der Waals surface area contributed by atoms with Gasteiger partial charge in [0.05, 0.1) is 0 Å². The van der Waals surface area contributed by atoms with Crippen molar-refractivity contribution in [2.24, 2.45) is 0 Å². The second kappa shape index (κ2) is 8.43. The van der Waals surface area contributed by atoms with Crippen molar-refractivity contribution in [3.63, 3.8) is 0 Å². The number of hydrogen-bond acceptors (Lipinski definition) is 7. The molecule has 132 valence electrons. The van der Waals surface area contributed by atoms with Gasteiger partial charge in [0.2, 0.25) is 5.95 Å². The number of fused-ring (bicyclic) bond motifs is 1. The van der Waals surface area contributed by atoms with Gasteiger partial charge >= 0.3 is 0 Å². The maximum atomic E-state index is 5.94. The molecule has 0 amide bonds. The van der Waals surface area contributed by atoms with E-state index < -0.39 is 0 Å². The number of hydrogen-bond donors (Lipinski definition) is 3. The van der Waals surface area contributed by atoms with Crippen molar-refractivity contribution >= 4 is 41.2 Å². The number of aromatic nitrogens is 4. The molecule has 1 aromatic carbocycles. The third kappa shape index (κ3) is 4.24. The first-order valence-corrected chi connectivity index (χ1v) is 8.09. The molecule has 2 aromatic heterocycles. The van der Waals surface area contributed by atoms with Gasteiger partial charge in [-0.1, -0.05) is 50.1 Å². The van der Waals surface area contributed by atoms with Crippen LogP contribution in [0, 0.1) is 0 Å². The van der Waals surface area contributed by atoms with E-state index in [1.54, 1.807) is 0 Å². The SMILES string of the molecule is CCCCCNc1nc2nc(N)nc(N)c2nc1-c1ccccc1.Cl. The second-order valence-corrected chi connectivity index (χ2v) is 5.56. The van der Waals surface area contributed by atoms with Gasteiger partial charge in [-0.25, -0.2) is 9.97 Å². The minimum absolute atomic E-state index is 0. The minimum Gasteiger partial charge on any atom is -0.382 e. The Balaban J connectivity index is 0.00000225. The van der Waals surface area contributed by atoms with E-state index in [2.05, 4.69) is 32.2 Å². The number of nitrogens with zero attached hydrogens (tertiary/aromatic N) is 4. The molecule has 8 heteroatoms. The lowest BCUT2D eigenvalue weighted by molar-refractivity contribution is 0.742. The Morgan fingerprint density at radius 3 is 2.44 bits per heavy atom. The van der Waals surface area contributed by atoms with Gasteiger partial charge in [0.15, 0.2) is 22.8 Å². The van der Waals surface area contributed by atoms with Gasteiger partial charge in [0.1, 0.15) is 5.69 Å². The van der Waals surface area contributed by atoms with Crippen LogP contribution in [0.2, 0.25) is 0 Å². The number of benzene rings is 1. The Labute approximate surface area is 152 Å². The van der Waals surface area contributed by atoms with Crippen molar-refractivity contribution < 1.29 is 0 Å². The Morgan fingerprint density at radius 1 is 0.960 bits per heavy atom. The van der Waals surface area contributed by atoms with Crippen LogP contribution in [0.5, 0.6) is 0 Å². The van der Waals surface area contributed by atoms with E-state index in [1.165, 1.54) is 0 Å². The molecule has 0 aliphatic carbocycles. The van der Waals surface area contributed by atoms with Crippen molar-refractivity contribution in [1.82, 2.24) is 19.9 Å². The number of halogens is 1. The van der Waals surface area contributed by atoms with Crippen LogP contribution in [0.1, 0.15) is 26.2 Å². The lowest BCUT2D eigenvalue weighted by Crippen LogP contribution is -2.09. The number of anilines is 3. The molecule has 5 N–H and O–H groups in total. The zero-order chi connectivity index (χ0) is 16.9. The minimum atomic E-state index is 0. The van der Waals surface area contributed by atoms with Gasteiger partial charge in [0, 0.05) is 12.1 Å². The van der Waals surface area contributed by atoms with Gasteiger partial charge in [0.25, 0.3) is 0 Å². The van der Waals surface area contributed by atoms with Crippen LogP contribution < -0.4 is 16.8 Å². The lowest BCUT2D eigenvalue weighted by Gasteiger charge is -2.12. The van der Waals surface area contributed by atoms with Crippen LogP contribution in [0.3, 0.4) is 0 Å². The zero-order valence-corrected chi connectivity index (χ0v) is 14.9. The number of nitrogen functional groups attached to an aromatic ring is 2. The Bertz CT molecular complexity index is 839. The predicted octanol–water partition coefficient (Wildman–Crippen LogP) is 3.28. The number of unbranched alkanes of at least 4 members (excludes halogenated alkanes) is 2. The van der Waals surface area contributed by atoms with Crippen LogP contribution in [-0.4, -0.2) is 26.5 Å². The van der Waals surface area contributed by atoms with Crippen molar-refractivity contribution in [3.05, 3.63) is 30.3 Å². The summed E-state index contributed by atoms with van der Waals surface area (Å²) in [6.45, 7) is 3.00. The first-order valence-electron chi connectivity index (χ1n) is 8.09. The largest absolute Gasteiger partial charge is 0.382 e. The molecule has 25 heavy (non-hydrogen) atoms. The van der Waals surface area contributed by atoms with Gasteiger partial charge in [-0.2, -0.15) is 9.97 Å². The predicted molar refractivity (Wildman–Crippen MR) is 105 cm³/mol. The topological polar surface area (TPSA) is 116 Å². The molecule has 0 saturated carbocycles. The third-order valence-corrected chi connectivity index (χ3v) is 3.70. The molecule has 0 saturated heterocycles. The molecule has 0 aliphatic rings. The highest BCUT2D eigenvalue weighted by Gasteiger charge is 2.14. The summed E-state index contributed by atoms with van der Waals surface area (Å²) in [4.78, 5) is 17.4. The molecule has 0 atom stereocenters. The average Bonchev–Trinajstić information content (AvgIpc) is 2.59. The first-order chi connectivity index (χ1) is 11.7. The smallest absolute Gasteiger partial charge is 0.224 e. The summed E-state index contributed by atoms with van der Waals surface area (Å²) in [5.41, 5.74) is 14.2. The van der Waals surface area contributed by atoms with Crippen molar-refractivity contribution in [2.75, 3.05) is 23.3 Å². The van der Waals surface area contributed by atoms with E-state index in [-0.39, 0.29) is 24.2 Å². The second-order valence-electron chi connectivity index (χ2n) is 5.56. The number of nitrogens with one attached hydrogen (secondary N) is 1. The maximum Gasteiger partial charge on any atom is 0.224 e. The van der Waals surface area contributed by atoms with E-state index in [0.29, 0.717) is 17.0 Å². The number of rotatable bonds is 6.